The third kappa shape index (κ3) is 4.31. The standard InChI is InChI=1S/C13H15F6N3O4S/c1-12(2)8(16)10(21-26-12)27(23,24)5-6-9(13(17,18)19)20-22(3)11(6)25-4-7(14)15/h7,21H,4-5H2,1-3H3. The van der Waals surface area contributed by atoms with Gasteiger partial charge in [-0.2, -0.15) is 18.3 Å². The number of rotatable bonds is 6. The molecule has 154 valence electrons. The Labute approximate surface area is 149 Å². The van der Waals surface area contributed by atoms with Crippen LogP contribution in [-0.4, -0.2) is 36.8 Å². The number of nitrogens with zero attached hydrogens (tertiary/aromatic N) is 2. The van der Waals surface area contributed by atoms with Crippen LogP contribution < -0.4 is 10.2 Å². The number of aromatic nitrogens is 2. The van der Waals surface area contributed by atoms with E-state index in [0.717, 1.165) is 7.05 Å². The van der Waals surface area contributed by atoms with Gasteiger partial charge in [0.15, 0.2) is 23.2 Å². The summed E-state index contributed by atoms with van der Waals surface area (Å²) in [6.07, 6.45) is -8.12. The molecule has 2 heterocycles. The van der Waals surface area contributed by atoms with Gasteiger partial charge >= 0.3 is 6.18 Å². The van der Waals surface area contributed by atoms with Crippen molar-refractivity contribution in [2.45, 2.75) is 37.8 Å². The van der Waals surface area contributed by atoms with E-state index in [-0.39, 0.29) is 0 Å². The van der Waals surface area contributed by atoms with Crippen LogP contribution in [0.1, 0.15) is 25.1 Å². The van der Waals surface area contributed by atoms with Crippen molar-refractivity contribution in [1.82, 2.24) is 15.3 Å². The fraction of sp³-hybridized carbons (Fsp3) is 0.615. The average Bonchev–Trinajstić information content (AvgIpc) is 2.94. The first-order valence-electron chi connectivity index (χ1n) is 7.28. The maximum Gasteiger partial charge on any atom is 0.435 e. The minimum Gasteiger partial charge on any atom is -0.472 e. The molecule has 0 unspecified atom stereocenters. The van der Waals surface area contributed by atoms with E-state index in [1.165, 1.54) is 13.8 Å². The monoisotopic (exact) mass is 423 g/mol. The molecule has 0 bridgehead atoms. The molecule has 0 saturated heterocycles. The van der Waals surface area contributed by atoms with Crippen LogP contribution in [0.3, 0.4) is 0 Å². The van der Waals surface area contributed by atoms with Crippen molar-refractivity contribution >= 4 is 9.84 Å². The van der Waals surface area contributed by atoms with Crippen LogP contribution in [0.2, 0.25) is 0 Å². The number of hydroxylamine groups is 1. The lowest BCUT2D eigenvalue weighted by Gasteiger charge is -2.12. The van der Waals surface area contributed by atoms with E-state index in [9.17, 15) is 34.8 Å². The number of halogens is 6. The maximum atomic E-state index is 14.2. The van der Waals surface area contributed by atoms with Crippen LogP contribution in [0.5, 0.6) is 5.88 Å². The second-order valence-corrected chi connectivity index (χ2v) is 8.00. The van der Waals surface area contributed by atoms with Crippen molar-refractivity contribution in [3.05, 3.63) is 22.1 Å². The molecule has 0 spiro atoms. The van der Waals surface area contributed by atoms with Crippen molar-refractivity contribution in [3.8, 4) is 5.88 Å². The predicted octanol–water partition coefficient (Wildman–Crippen LogP) is 2.45. The smallest absolute Gasteiger partial charge is 0.435 e. The molecule has 0 atom stereocenters. The SMILES string of the molecule is Cn1nc(C(F)(F)F)c(CS(=O)(=O)C2=C(F)C(C)(C)ON2)c1OCC(F)F. The predicted molar refractivity (Wildman–Crippen MR) is 78.8 cm³/mol. The topological polar surface area (TPSA) is 82.5 Å². The molecule has 1 aliphatic heterocycles. The van der Waals surface area contributed by atoms with Gasteiger partial charge in [0.1, 0.15) is 5.60 Å². The summed E-state index contributed by atoms with van der Waals surface area (Å²) in [5.74, 6) is -3.45. The van der Waals surface area contributed by atoms with Crippen LogP contribution >= 0.6 is 0 Å². The van der Waals surface area contributed by atoms with Gasteiger partial charge in [0, 0.05) is 7.05 Å². The molecule has 1 aromatic heterocycles. The molecule has 7 nitrogen and oxygen atoms in total. The number of hydrogen-bond donors (Lipinski definition) is 1. The molecular formula is C13H15F6N3O4S. The summed E-state index contributed by atoms with van der Waals surface area (Å²) in [5.41, 5.74) is -2.47. The molecule has 14 heteroatoms. The molecule has 0 aliphatic carbocycles. The van der Waals surface area contributed by atoms with E-state index < -0.39 is 68.4 Å². The Morgan fingerprint density at radius 2 is 1.93 bits per heavy atom. The highest BCUT2D eigenvalue weighted by Gasteiger charge is 2.44. The molecular weight excluding hydrogens is 408 g/mol. The summed E-state index contributed by atoms with van der Waals surface area (Å²) in [5, 5.41) is 2.06. The number of hydrogen-bond acceptors (Lipinski definition) is 6. The number of nitrogens with one attached hydrogen (secondary N) is 1. The zero-order valence-corrected chi connectivity index (χ0v) is 15.0. The first-order valence-corrected chi connectivity index (χ1v) is 8.93. The third-order valence-electron chi connectivity index (χ3n) is 3.47. The largest absolute Gasteiger partial charge is 0.472 e. The molecule has 2 rings (SSSR count). The lowest BCUT2D eigenvalue weighted by atomic mass is 10.1. The van der Waals surface area contributed by atoms with E-state index in [1.54, 1.807) is 0 Å². The molecule has 1 N–H and O–H groups in total. The summed E-state index contributed by atoms with van der Waals surface area (Å²) in [7, 11) is -3.75. The van der Waals surface area contributed by atoms with Crippen molar-refractivity contribution in [2.24, 2.45) is 7.05 Å². The molecule has 0 fully saturated rings. The summed E-state index contributed by atoms with van der Waals surface area (Å²) >= 11 is 0. The van der Waals surface area contributed by atoms with Gasteiger partial charge in [0.2, 0.25) is 15.7 Å². The Balaban J connectivity index is 2.52. The van der Waals surface area contributed by atoms with Crippen molar-refractivity contribution in [1.29, 1.82) is 0 Å². The fourth-order valence-corrected chi connectivity index (χ4v) is 3.70. The Morgan fingerprint density at radius 3 is 2.37 bits per heavy atom. The Hall–Kier alpha value is -1.96. The van der Waals surface area contributed by atoms with Crippen LogP contribution in [-0.2, 0) is 33.7 Å². The van der Waals surface area contributed by atoms with Gasteiger partial charge in [-0.1, -0.05) is 0 Å². The normalized spacial score (nSPS) is 17.6. The van der Waals surface area contributed by atoms with Gasteiger partial charge in [-0.15, -0.1) is 0 Å². The quantitative estimate of drug-likeness (QED) is 0.708. The van der Waals surface area contributed by atoms with Gasteiger partial charge in [-0.05, 0) is 13.8 Å². The van der Waals surface area contributed by atoms with Gasteiger partial charge in [0.25, 0.3) is 6.43 Å². The second-order valence-electron chi connectivity index (χ2n) is 6.07. The lowest BCUT2D eigenvalue weighted by Crippen LogP contribution is -2.23. The molecule has 27 heavy (non-hydrogen) atoms. The summed E-state index contributed by atoms with van der Waals surface area (Å²) < 4.78 is 108. The molecule has 0 aromatic carbocycles. The molecule has 1 aromatic rings. The number of aryl methyl sites for hydroxylation is 1. The van der Waals surface area contributed by atoms with Gasteiger partial charge in [-0.25, -0.2) is 26.3 Å². The Kier molecular flexibility index (Phi) is 5.45. The van der Waals surface area contributed by atoms with E-state index in [0.29, 0.717) is 4.68 Å². The summed E-state index contributed by atoms with van der Waals surface area (Å²) in [4.78, 5) is 4.75. The van der Waals surface area contributed by atoms with Crippen LogP contribution in [0.4, 0.5) is 26.3 Å². The summed E-state index contributed by atoms with van der Waals surface area (Å²) in [6, 6.07) is 0. The van der Waals surface area contributed by atoms with E-state index in [4.69, 9.17) is 4.84 Å². The zero-order chi connectivity index (χ0) is 20.8. The van der Waals surface area contributed by atoms with Crippen molar-refractivity contribution in [3.63, 3.8) is 0 Å². The van der Waals surface area contributed by atoms with Gasteiger partial charge in [-0.3, -0.25) is 10.3 Å². The number of alkyl halides is 5. The van der Waals surface area contributed by atoms with Crippen LogP contribution in [0, 0.1) is 0 Å². The first kappa shape index (κ1) is 21.3. The van der Waals surface area contributed by atoms with Crippen LogP contribution in [0.15, 0.2) is 10.9 Å². The third-order valence-corrected chi connectivity index (χ3v) is 5.03. The zero-order valence-electron chi connectivity index (χ0n) is 14.2. The Bertz CT molecular complexity index is 860. The molecule has 0 amide bonds. The van der Waals surface area contributed by atoms with Crippen molar-refractivity contribution in [2.75, 3.05) is 6.61 Å². The minimum absolute atomic E-state index is 0.489. The average molecular weight is 423 g/mol. The minimum atomic E-state index is -5.10. The molecule has 0 radical (unpaired) electrons. The van der Waals surface area contributed by atoms with Gasteiger partial charge in [0.05, 0.1) is 11.3 Å². The fourth-order valence-electron chi connectivity index (χ4n) is 2.23. The van der Waals surface area contributed by atoms with Crippen LogP contribution in [0.25, 0.3) is 0 Å². The lowest BCUT2D eigenvalue weighted by molar-refractivity contribution is -0.141. The van der Waals surface area contributed by atoms with Crippen molar-refractivity contribution < 1.29 is 44.3 Å². The highest BCUT2D eigenvalue weighted by Crippen LogP contribution is 2.39. The first-order chi connectivity index (χ1) is 12.2. The molecule has 0 saturated carbocycles. The number of sulfone groups is 1. The number of ether oxygens (including phenoxy) is 1. The highest BCUT2D eigenvalue weighted by atomic mass is 32.2. The van der Waals surface area contributed by atoms with E-state index in [2.05, 4.69) is 9.84 Å². The Morgan fingerprint density at radius 1 is 1.33 bits per heavy atom. The van der Waals surface area contributed by atoms with E-state index in [1.807, 2.05) is 5.48 Å². The maximum absolute atomic E-state index is 14.2. The van der Waals surface area contributed by atoms with E-state index >= 15 is 0 Å². The highest BCUT2D eigenvalue weighted by molar-refractivity contribution is 7.94. The molecule has 1 aliphatic rings. The van der Waals surface area contributed by atoms with Gasteiger partial charge < -0.3 is 4.74 Å². The second kappa shape index (κ2) is 6.89. The summed E-state index contributed by atoms with van der Waals surface area (Å²) in [6.45, 7) is 1.11.